The average molecular weight is 324 g/mol. The Balaban J connectivity index is 1.44. The maximum atomic E-state index is 5.36. The molecule has 3 rings (SSSR count). The zero-order valence-corrected chi connectivity index (χ0v) is 13.7. The van der Waals surface area contributed by atoms with Crippen LogP contribution in [0.3, 0.4) is 0 Å². The molecule has 2 aromatic heterocycles. The molecule has 1 saturated heterocycles. The summed E-state index contributed by atoms with van der Waals surface area (Å²) in [6, 6.07) is 0. The van der Waals surface area contributed by atoms with Gasteiger partial charge in [0.1, 0.15) is 5.01 Å². The molecule has 0 amide bonds. The zero-order valence-electron chi connectivity index (χ0n) is 12.9. The first kappa shape index (κ1) is 15.3. The van der Waals surface area contributed by atoms with Gasteiger partial charge in [0.2, 0.25) is 5.89 Å². The van der Waals surface area contributed by atoms with Gasteiger partial charge in [-0.25, -0.2) is 0 Å². The number of hydrogen-bond donors (Lipinski definition) is 0. The molecule has 2 aromatic rings. The maximum Gasteiger partial charge on any atom is 0.294 e. The summed E-state index contributed by atoms with van der Waals surface area (Å²) in [7, 11) is 0. The van der Waals surface area contributed by atoms with E-state index in [0.29, 0.717) is 17.7 Å². The molecule has 0 atom stereocenters. The standard InChI is InChI=1S/C13H20N6O2S/c1-3-20-13-16-15-12(22-13)9-19-6-4-18(5-7-19)8-11-14-10(2)21-17-11/h3-9H2,1-2H3. The molecule has 0 radical (unpaired) electrons. The first-order chi connectivity index (χ1) is 10.7. The number of hydrogen-bond acceptors (Lipinski definition) is 9. The number of aryl methyl sites for hydroxylation is 1. The largest absolute Gasteiger partial charge is 0.469 e. The molecule has 0 bridgehead atoms. The Hall–Kier alpha value is -1.58. The fourth-order valence-electron chi connectivity index (χ4n) is 2.39. The quantitative estimate of drug-likeness (QED) is 0.777. The van der Waals surface area contributed by atoms with Gasteiger partial charge in [0, 0.05) is 33.1 Å². The molecule has 0 aliphatic carbocycles. The van der Waals surface area contributed by atoms with E-state index in [1.165, 1.54) is 11.3 Å². The second-order valence-corrected chi connectivity index (χ2v) is 6.20. The molecule has 3 heterocycles. The molecular formula is C13H20N6O2S. The molecule has 1 aliphatic heterocycles. The summed E-state index contributed by atoms with van der Waals surface area (Å²) >= 11 is 1.53. The number of nitrogens with zero attached hydrogens (tertiary/aromatic N) is 6. The van der Waals surface area contributed by atoms with Crippen molar-refractivity contribution in [2.24, 2.45) is 0 Å². The fourth-order valence-corrected chi connectivity index (χ4v) is 3.18. The summed E-state index contributed by atoms with van der Waals surface area (Å²) in [5, 5.41) is 13.8. The molecular weight excluding hydrogens is 304 g/mol. The Morgan fingerprint density at radius 2 is 1.86 bits per heavy atom. The third-order valence-electron chi connectivity index (χ3n) is 3.47. The highest BCUT2D eigenvalue weighted by atomic mass is 32.1. The van der Waals surface area contributed by atoms with Crippen LogP contribution in [-0.4, -0.2) is 62.9 Å². The molecule has 1 fully saturated rings. The lowest BCUT2D eigenvalue weighted by atomic mass is 10.3. The maximum absolute atomic E-state index is 5.36. The Bertz CT molecular complexity index is 593. The third kappa shape index (κ3) is 3.99. The summed E-state index contributed by atoms with van der Waals surface area (Å²) in [6.07, 6.45) is 0. The molecule has 1 aliphatic rings. The Morgan fingerprint density at radius 1 is 1.14 bits per heavy atom. The van der Waals surface area contributed by atoms with Gasteiger partial charge in [0.05, 0.1) is 19.7 Å². The van der Waals surface area contributed by atoms with E-state index >= 15 is 0 Å². The number of aromatic nitrogens is 4. The van der Waals surface area contributed by atoms with Gasteiger partial charge in [-0.3, -0.25) is 9.80 Å². The molecule has 8 nitrogen and oxygen atoms in total. The summed E-state index contributed by atoms with van der Waals surface area (Å²) < 4.78 is 10.4. The fraction of sp³-hybridized carbons (Fsp3) is 0.692. The smallest absolute Gasteiger partial charge is 0.294 e. The van der Waals surface area contributed by atoms with Crippen molar-refractivity contribution in [1.29, 1.82) is 0 Å². The molecule has 120 valence electrons. The number of rotatable bonds is 6. The van der Waals surface area contributed by atoms with Gasteiger partial charge in [-0.15, -0.1) is 10.2 Å². The van der Waals surface area contributed by atoms with Gasteiger partial charge in [-0.2, -0.15) is 4.98 Å². The van der Waals surface area contributed by atoms with Crippen LogP contribution < -0.4 is 4.74 Å². The van der Waals surface area contributed by atoms with Crippen LogP contribution in [0.1, 0.15) is 23.6 Å². The van der Waals surface area contributed by atoms with Crippen LogP contribution in [-0.2, 0) is 13.1 Å². The lowest BCUT2D eigenvalue weighted by Crippen LogP contribution is -2.45. The van der Waals surface area contributed by atoms with Crippen molar-refractivity contribution in [3.05, 3.63) is 16.7 Å². The van der Waals surface area contributed by atoms with E-state index in [4.69, 9.17) is 9.26 Å². The van der Waals surface area contributed by atoms with Gasteiger partial charge < -0.3 is 9.26 Å². The van der Waals surface area contributed by atoms with E-state index in [1.54, 1.807) is 0 Å². The summed E-state index contributed by atoms with van der Waals surface area (Å²) in [4.78, 5) is 8.97. The van der Waals surface area contributed by atoms with Crippen LogP contribution in [0.2, 0.25) is 0 Å². The molecule has 0 aromatic carbocycles. The van der Waals surface area contributed by atoms with Crippen LogP contribution >= 0.6 is 11.3 Å². The van der Waals surface area contributed by atoms with Crippen molar-refractivity contribution in [2.45, 2.75) is 26.9 Å². The Labute approximate surface area is 133 Å². The number of ether oxygens (including phenoxy) is 1. The van der Waals surface area contributed by atoms with Crippen LogP contribution in [0.15, 0.2) is 4.52 Å². The first-order valence-corrected chi connectivity index (χ1v) is 8.23. The minimum atomic E-state index is 0.620. The van der Waals surface area contributed by atoms with Gasteiger partial charge in [-0.05, 0) is 6.92 Å². The SMILES string of the molecule is CCOc1nnc(CN2CCN(Cc3noc(C)n3)CC2)s1. The predicted molar refractivity (Wildman–Crippen MR) is 80.7 cm³/mol. The first-order valence-electron chi connectivity index (χ1n) is 7.42. The highest BCUT2D eigenvalue weighted by Crippen LogP contribution is 2.19. The van der Waals surface area contributed by atoms with Crippen LogP contribution in [0.4, 0.5) is 0 Å². The molecule has 0 spiro atoms. The van der Waals surface area contributed by atoms with Crippen molar-refractivity contribution in [3.63, 3.8) is 0 Å². The van der Waals surface area contributed by atoms with E-state index in [1.807, 2.05) is 13.8 Å². The third-order valence-corrected chi connectivity index (χ3v) is 4.30. The van der Waals surface area contributed by atoms with E-state index in [9.17, 15) is 0 Å². The van der Waals surface area contributed by atoms with Crippen molar-refractivity contribution in [2.75, 3.05) is 32.8 Å². The second kappa shape index (κ2) is 7.12. The molecule has 22 heavy (non-hydrogen) atoms. The molecule has 0 saturated carbocycles. The summed E-state index contributed by atoms with van der Waals surface area (Å²) in [5.74, 6) is 1.38. The summed E-state index contributed by atoms with van der Waals surface area (Å²) in [6.45, 7) is 9.95. The minimum Gasteiger partial charge on any atom is -0.469 e. The van der Waals surface area contributed by atoms with Crippen LogP contribution in [0.5, 0.6) is 5.19 Å². The second-order valence-electron chi connectivity index (χ2n) is 5.18. The molecule has 0 unspecified atom stereocenters. The number of piperazine rings is 1. The average Bonchev–Trinajstić information content (AvgIpc) is 3.11. The topological polar surface area (TPSA) is 80.4 Å². The highest BCUT2D eigenvalue weighted by molar-refractivity contribution is 7.13. The van der Waals surface area contributed by atoms with Gasteiger partial charge in [0.25, 0.3) is 5.19 Å². The molecule has 0 N–H and O–H groups in total. The molecule has 9 heteroatoms. The Morgan fingerprint density at radius 3 is 2.50 bits per heavy atom. The highest BCUT2D eigenvalue weighted by Gasteiger charge is 2.20. The lowest BCUT2D eigenvalue weighted by Gasteiger charge is -2.33. The van der Waals surface area contributed by atoms with E-state index in [2.05, 4.69) is 30.1 Å². The van der Waals surface area contributed by atoms with E-state index in [0.717, 1.165) is 50.1 Å². The van der Waals surface area contributed by atoms with Crippen molar-refractivity contribution >= 4 is 11.3 Å². The van der Waals surface area contributed by atoms with Crippen molar-refractivity contribution in [3.8, 4) is 5.19 Å². The predicted octanol–water partition coefficient (Wildman–Crippen LogP) is 0.946. The van der Waals surface area contributed by atoms with Gasteiger partial charge >= 0.3 is 0 Å². The summed E-state index contributed by atoms with van der Waals surface area (Å²) in [5.41, 5.74) is 0. The zero-order chi connectivity index (χ0) is 15.4. The van der Waals surface area contributed by atoms with Crippen molar-refractivity contribution in [1.82, 2.24) is 30.1 Å². The van der Waals surface area contributed by atoms with Crippen LogP contribution in [0.25, 0.3) is 0 Å². The monoisotopic (exact) mass is 324 g/mol. The van der Waals surface area contributed by atoms with Crippen molar-refractivity contribution < 1.29 is 9.26 Å². The lowest BCUT2D eigenvalue weighted by molar-refractivity contribution is 0.119. The minimum absolute atomic E-state index is 0.620. The van der Waals surface area contributed by atoms with E-state index < -0.39 is 0 Å². The normalized spacial score (nSPS) is 17.0. The van der Waals surface area contributed by atoms with Crippen LogP contribution in [0, 0.1) is 6.92 Å². The van der Waals surface area contributed by atoms with E-state index in [-0.39, 0.29) is 0 Å². The Kier molecular flexibility index (Phi) is 4.96. The van der Waals surface area contributed by atoms with Gasteiger partial charge in [0.15, 0.2) is 5.82 Å². The van der Waals surface area contributed by atoms with Gasteiger partial charge in [-0.1, -0.05) is 16.5 Å².